The highest BCUT2D eigenvalue weighted by molar-refractivity contribution is 5.76. The molecule has 0 spiro atoms. The van der Waals surface area contributed by atoms with E-state index < -0.39 is 11.5 Å². The SMILES string of the molecule is CC(C)(CCC(=O)O)NC(=O)CCn1nc2ccccn2c1=O. The largest absolute Gasteiger partial charge is 0.481 e. The summed E-state index contributed by atoms with van der Waals surface area (Å²) in [6, 6.07) is 5.23. The smallest absolute Gasteiger partial charge is 0.350 e. The van der Waals surface area contributed by atoms with Crippen molar-refractivity contribution in [2.75, 3.05) is 0 Å². The van der Waals surface area contributed by atoms with Gasteiger partial charge in [-0.25, -0.2) is 9.48 Å². The van der Waals surface area contributed by atoms with Gasteiger partial charge >= 0.3 is 11.7 Å². The van der Waals surface area contributed by atoms with Gasteiger partial charge in [0.1, 0.15) is 0 Å². The third kappa shape index (κ3) is 4.41. The molecule has 23 heavy (non-hydrogen) atoms. The molecule has 2 heterocycles. The molecule has 0 aliphatic heterocycles. The number of carbonyl (C=O) groups is 2. The number of nitrogens with one attached hydrogen (secondary N) is 1. The number of carbonyl (C=O) groups excluding carboxylic acids is 1. The van der Waals surface area contributed by atoms with Crippen molar-refractivity contribution < 1.29 is 14.7 Å². The Bertz CT molecular complexity index is 775. The van der Waals surface area contributed by atoms with Gasteiger partial charge in [0, 0.05) is 24.6 Å². The van der Waals surface area contributed by atoms with Crippen molar-refractivity contribution in [1.82, 2.24) is 19.5 Å². The Morgan fingerprint density at radius 1 is 1.30 bits per heavy atom. The maximum absolute atomic E-state index is 12.1. The number of pyridine rings is 1. The van der Waals surface area contributed by atoms with Crippen LogP contribution in [0.25, 0.3) is 5.65 Å². The van der Waals surface area contributed by atoms with E-state index in [4.69, 9.17) is 5.11 Å². The zero-order valence-electron chi connectivity index (χ0n) is 13.2. The van der Waals surface area contributed by atoms with Crippen LogP contribution < -0.4 is 11.0 Å². The van der Waals surface area contributed by atoms with Crippen molar-refractivity contribution in [2.45, 2.75) is 45.2 Å². The molecule has 0 fully saturated rings. The number of aryl methyl sites for hydroxylation is 1. The summed E-state index contributed by atoms with van der Waals surface area (Å²) in [7, 11) is 0. The van der Waals surface area contributed by atoms with Crippen LogP contribution in [0.4, 0.5) is 0 Å². The third-order valence-electron chi connectivity index (χ3n) is 3.48. The van der Waals surface area contributed by atoms with Crippen LogP contribution >= 0.6 is 0 Å². The number of carboxylic acids is 1. The van der Waals surface area contributed by atoms with Crippen molar-refractivity contribution in [3.63, 3.8) is 0 Å². The van der Waals surface area contributed by atoms with Gasteiger partial charge in [0.25, 0.3) is 0 Å². The molecule has 2 N–H and O–H groups in total. The fourth-order valence-electron chi connectivity index (χ4n) is 2.24. The first kappa shape index (κ1) is 16.7. The molecule has 0 saturated heterocycles. The maximum atomic E-state index is 12.1. The number of hydrogen-bond donors (Lipinski definition) is 2. The summed E-state index contributed by atoms with van der Waals surface area (Å²) < 4.78 is 2.66. The molecular weight excluding hydrogens is 300 g/mol. The molecule has 2 rings (SSSR count). The molecule has 0 bridgehead atoms. The van der Waals surface area contributed by atoms with E-state index in [1.807, 2.05) is 0 Å². The first-order valence-corrected chi connectivity index (χ1v) is 7.35. The van der Waals surface area contributed by atoms with Gasteiger partial charge in [-0.2, -0.15) is 0 Å². The molecule has 0 aromatic carbocycles. The van der Waals surface area contributed by atoms with Gasteiger partial charge in [0.2, 0.25) is 5.91 Å². The molecule has 0 aliphatic rings. The Morgan fingerprint density at radius 2 is 2.04 bits per heavy atom. The van der Waals surface area contributed by atoms with Gasteiger partial charge in [-0.1, -0.05) is 6.07 Å². The van der Waals surface area contributed by atoms with Gasteiger partial charge in [0.15, 0.2) is 5.65 Å². The molecule has 0 aliphatic carbocycles. The maximum Gasteiger partial charge on any atom is 0.350 e. The highest BCUT2D eigenvalue weighted by atomic mass is 16.4. The lowest BCUT2D eigenvalue weighted by Gasteiger charge is -2.25. The summed E-state index contributed by atoms with van der Waals surface area (Å²) in [5.41, 5.74) is -0.377. The Labute approximate surface area is 132 Å². The second-order valence-electron chi connectivity index (χ2n) is 6.01. The summed E-state index contributed by atoms with van der Waals surface area (Å²) in [5.74, 6) is -1.15. The van der Waals surface area contributed by atoms with Gasteiger partial charge in [-0.3, -0.25) is 14.0 Å². The number of aromatic nitrogens is 3. The van der Waals surface area contributed by atoms with Crippen LogP contribution in [0.3, 0.4) is 0 Å². The number of carboxylic acid groups (broad SMARTS) is 1. The molecule has 0 radical (unpaired) electrons. The van der Waals surface area contributed by atoms with Crippen molar-refractivity contribution in [1.29, 1.82) is 0 Å². The molecule has 2 aromatic heterocycles. The number of fused-ring (bicyclic) bond motifs is 1. The van der Waals surface area contributed by atoms with Crippen molar-refractivity contribution in [3.05, 3.63) is 34.9 Å². The first-order valence-electron chi connectivity index (χ1n) is 7.35. The standard InChI is InChI=1S/C15H20N4O4/c1-15(2,8-6-13(21)22)16-12(20)7-10-19-14(23)18-9-4-3-5-11(18)17-19/h3-5,9H,6-8,10H2,1-2H3,(H,16,20)(H,21,22). The van der Waals surface area contributed by atoms with Crippen LogP contribution in [0.15, 0.2) is 29.2 Å². The molecular formula is C15H20N4O4. The Kier molecular flexibility index (Phi) is 4.83. The number of hydrogen-bond acceptors (Lipinski definition) is 4. The average Bonchev–Trinajstić information content (AvgIpc) is 2.80. The zero-order chi connectivity index (χ0) is 17.0. The van der Waals surface area contributed by atoms with Crippen molar-refractivity contribution >= 4 is 17.5 Å². The van der Waals surface area contributed by atoms with Crippen molar-refractivity contribution in [3.8, 4) is 0 Å². The van der Waals surface area contributed by atoms with E-state index >= 15 is 0 Å². The monoisotopic (exact) mass is 320 g/mol. The zero-order valence-corrected chi connectivity index (χ0v) is 13.2. The summed E-state index contributed by atoms with van der Waals surface area (Å²) in [6.45, 7) is 3.71. The molecule has 8 nitrogen and oxygen atoms in total. The predicted molar refractivity (Wildman–Crippen MR) is 83.2 cm³/mol. The van der Waals surface area contributed by atoms with Crippen LogP contribution in [0.5, 0.6) is 0 Å². The summed E-state index contributed by atoms with van der Waals surface area (Å²) in [5, 5.41) is 15.6. The van der Waals surface area contributed by atoms with Gasteiger partial charge in [0.05, 0.1) is 6.54 Å². The van der Waals surface area contributed by atoms with E-state index in [0.717, 1.165) is 0 Å². The minimum absolute atomic E-state index is 0.0147. The second kappa shape index (κ2) is 6.64. The van der Waals surface area contributed by atoms with Crippen LogP contribution in [0.2, 0.25) is 0 Å². The lowest BCUT2D eigenvalue weighted by Crippen LogP contribution is -2.44. The Balaban J connectivity index is 1.94. The van der Waals surface area contributed by atoms with Crippen LogP contribution in [0, 0.1) is 0 Å². The topological polar surface area (TPSA) is 106 Å². The fourth-order valence-corrected chi connectivity index (χ4v) is 2.24. The quantitative estimate of drug-likeness (QED) is 0.779. The van der Waals surface area contributed by atoms with E-state index in [2.05, 4.69) is 10.4 Å². The molecule has 8 heteroatoms. The van der Waals surface area contributed by atoms with Crippen LogP contribution in [-0.2, 0) is 16.1 Å². The molecule has 124 valence electrons. The highest BCUT2D eigenvalue weighted by Crippen LogP contribution is 2.11. The molecule has 1 amide bonds. The number of amides is 1. The van der Waals surface area contributed by atoms with E-state index in [-0.39, 0.29) is 31.0 Å². The molecule has 2 aromatic rings. The van der Waals surface area contributed by atoms with Gasteiger partial charge in [-0.05, 0) is 32.4 Å². The predicted octanol–water partition coefficient (Wildman–Crippen LogP) is 0.646. The van der Waals surface area contributed by atoms with Crippen LogP contribution in [0.1, 0.15) is 33.1 Å². The number of rotatable bonds is 7. The summed E-state index contributed by atoms with van der Waals surface area (Å²) in [4.78, 5) is 34.7. The van der Waals surface area contributed by atoms with E-state index in [1.54, 1.807) is 38.2 Å². The highest BCUT2D eigenvalue weighted by Gasteiger charge is 2.21. The van der Waals surface area contributed by atoms with E-state index in [0.29, 0.717) is 12.1 Å². The Morgan fingerprint density at radius 3 is 2.70 bits per heavy atom. The second-order valence-corrected chi connectivity index (χ2v) is 6.01. The molecule has 0 saturated carbocycles. The minimum atomic E-state index is -0.899. The minimum Gasteiger partial charge on any atom is -0.481 e. The van der Waals surface area contributed by atoms with Gasteiger partial charge in [-0.15, -0.1) is 5.10 Å². The van der Waals surface area contributed by atoms with Crippen LogP contribution in [-0.4, -0.2) is 36.7 Å². The summed E-state index contributed by atoms with van der Waals surface area (Å²) in [6.07, 6.45) is 2.04. The number of aliphatic carboxylic acids is 1. The summed E-state index contributed by atoms with van der Waals surface area (Å²) >= 11 is 0. The lowest BCUT2D eigenvalue weighted by molar-refractivity contribution is -0.137. The third-order valence-corrected chi connectivity index (χ3v) is 3.48. The molecule has 0 unspecified atom stereocenters. The normalized spacial score (nSPS) is 11.6. The Hall–Kier alpha value is -2.64. The fraction of sp³-hybridized carbons (Fsp3) is 0.467. The van der Waals surface area contributed by atoms with E-state index in [9.17, 15) is 14.4 Å². The average molecular weight is 320 g/mol. The van der Waals surface area contributed by atoms with E-state index in [1.165, 1.54) is 9.08 Å². The lowest BCUT2D eigenvalue weighted by atomic mass is 9.98. The van der Waals surface area contributed by atoms with Crippen molar-refractivity contribution in [2.24, 2.45) is 0 Å². The first-order chi connectivity index (χ1) is 10.8. The number of nitrogens with zero attached hydrogens (tertiary/aromatic N) is 3. The molecule has 0 atom stereocenters. The van der Waals surface area contributed by atoms with Gasteiger partial charge < -0.3 is 10.4 Å².